The zero-order chi connectivity index (χ0) is 20.9. The molecule has 1 aliphatic heterocycles. The molecule has 3 aromatic rings. The molecule has 1 N–H and O–H groups in total. The van der Waals surface area contributed by atoms with Gasteiger partial charge in [0.05, 0.1) is 17.1 Å². The van der Waals surface area contributed by atoms with Gasteiger partial charge in [-0.2, -0.15) is 0 Å². The lowest BCUT2D eigenvalue weighted by Crippen LogP contribution is -2.49. The van der Waals surface area contributed by atoms with Crippen LogP contribution in [0.4, 0.5) is 16.2 Å². The Kier molecular flexibility index (Phi) is 6.35. The van der Waals surface area contributed by atoms with E-state index in [4.69, 9.17) is 11.6 Å². The van der Waals surface area contributed by atoms with Crippen LogP contribution in [0.3, 0.4) is 0 Å². The Balaban J connectivity index is 1.48. The quantitative estimate of drug-likeness (QED) is 0.557. The molecule has 0 spiro atoms. The molecular weight excluding hydrogens is 418 g/mol. The van der Waals surface area contributed by atoms with Gasteiger partial charge in [0.15, 0.2) is 0 Å². The van der Waals surface area contributed by atoms with Crippen LogP contribution in [0.15, 0.2) is 66.0 Å². The molecule has 154 valence electrons. The zero-order valence-electron chi connectivity index (χ0n) is 16.4. The van der Waals surface area contributed by atoms with Crippen LogP contribution in [0.5, 0.6) is 0 Å². The highest BCUT2D eigenvalue weighted by molar-refractivity contribution is 7.10. The summed E-state index contributed by atoms with van der Waals surface area (Å²) in [5.41, 5.74) is 2.35. The van der Waals surface area contributed by atoms with Gasteiger partial charge in [-0.1, -0.05) is 48.0 Å². The van der Waals surface area contributed by atoms with E-state index < -0.39 is 0 Å². The van der Waals surface area contributed by atoms with Crippen molar-refractivity contribution in [3.8, 4) is 0 Å². The van der Waals surface area contributed by atoms with Gasteiger partial charge in [-0.3, -0.25) is 9.69 Å². The molecular formula is C23H22ClN3O2S. The number of nitrogens with one attached hydrogen (secondary N) is 1. The van der Waals surface area contributed by atoms with E-state index in [0.717, 1.165) is 29.1 Å². The number of benzene rings is 2. The largest absolute Gasteiger partial charge is 0.324 e. The Morgan fingerprint density at radius 1 is 1.07 bits per heavy atom. The molecule has 4 rings (SSSR count). The number of hydrogen-bond donors (Lipinski definition) is 1. The Morgan fingerprint density at radius 2 is 1.90 bits per heavy atom. The standard InChI is InChI=1S/C23H22ClN3O2S/c24-20-10-9-18(14-21(20)25-22(28)15-19-8-4-13-30-19)27-12-5-11-26(23(27)29)16-17-6-2-1-3-7-17/h1-4,6-10,13-14H,5,11-12,15-16H2,(H,25,28). The summed E-state index contributed by atoms with van der Waals surface area (Å²) in [6.07, 6.45) is 1.17. The van der Waals surface area contributed by atoms with Gasteiger partial charge < -0.3 is 10.2 Å². The lowest BCUT2D eigenvalue weighted by Gasteiger charge is -2.36. The number of urea groups is 1. The molecule has 0 bridgehead atoms. The summed E-state index contributed by atoms with van der Waals surface area (Å²) >= 11 is 7.85. The second-order valence-corrected chi connectivity index (χ2v) is 8.60. The second kappa shape index (κ2) is 9.32. The number of carbonyl (C=O) groups excluding carboxylic acids is 2. The van der Waals surface area contributed by atoms with Crippen LogP contribution in [0, 0.1) is 0 Å². The van der Waals surface area contributed by atoms with Gasteiger partial charge in [0.25, 0.3) is 0 Å². The molecule has 1 saturated heterocycles. The Labute approximate surface area is 184 Å². The van der Waals surface area contributed by atoms with E-state index in [1.165, 1.54) is 0 Å². The minimum Gasteiger partial charge on any atom is -0.324 e. The van der Waals surface area contributed by atoms with Gasteiger partial charge >= 0.3 is 6.03 Å². The van der Waals surface area contributed by atoms with Crippen molar-refractivity contribution >= 4 is 46.3 Å². The molecule has 0 saturated carbocycles. The van der Waals surface area contributed by atoms with E-state index in [-0.39, 0.29) is 11.9 Å². The van der Waals surface area contributed by atoms with E-state index >= 15 is 0 Å². The summed E-state index contributed by atoms with van der Waals surface area (Å²) in [5.74, 6) is -0.132. The zero-order valence-corrected chi connectivity index (χ0v) is 18.0. The average molecular weight is 440 g/mol. The lowest BCUT2D eigenvalue weighted by molar-refractivity contribution is -0.115. The first-order chi connectivity index (χ1) is 14.6. The summed E-state index contributed by atoms with van der Waals surface area (Å²) in [5, 5.41) is 5.27. The monoisotopic (exact) mass is 439 g/mol. The number of thiophene rings is 1. The average Bonchev–Trinajstić information content (AvgIpc) is 3.25. The minimum absolute atomic E-state index is 0.0386. The third-order valence-corrected chi connectivity index (χ3v) is 6.18. The summed E-state index contributed by atoms with van der Waals surface area (Å²) in [7, 11) is 0. The summed E-state index contributed by atoms with van der Waals surface area (Å²) in [6.45, 7) is 1.94. The van der Waals surface area contributed by atoms with Crippen LogP contribution in [0.2, 0.25) is 5.02 Å². The van der Waals surface area contributed by atoms with Crippen molar-refractivity contribution in [2.75, 3.05) is 23.3 Å². The minimum atomic E-state index is -0.132. The third-order valence-electron chi connectivity index (χ3n) is 4.98. The number of amides is 3. The Morgan fingerprint density at radius 3 is 2.67 bits per heavy atom. The van der Waals surface area contributed by atoms with Crippen molar-refractivity contribution in [3.63, 3.8) is 0 Å². The van der Waals surface area contributed by atoms with Crippen LogP contribution < -0.4 is 10.2 Å². The van der Waals surface area contributed by atoms with E-state index in [9.17, 15) is 9.59 Å². The summed E-state index contributed by atoms with van der Waals surface area (Å²) < 4.78 is 0. The summed E-state index contributed by atoms with van der Waals surface area (Å²) in [4.78, 5) is 30.1. The molecule has 1 fully saturated rings. The van der Waals surface area contributed by atoms with Gasteiger partial charge in [0.1, 0.15) is 0 Å². The first-order valence-corrected chi connectivity index (χ1v) is 11.1. The van der Waals surface area contributed by atoms with Crippen molar-refractivity contribution in [2.45, 2.75) is 19.4 Å². The van der Waals surface area contributed by atoms with Crippen LogP contribution in [0.25, 0.3) is 0 Å². The van der Waals surface area contributed by atoms with E-state index in [0.29, 0.717) is 30.2 Å². The number of nitrogens with zero attached hydrogens (tertiary/aromatic N) is 2. The molecule has 0 unspecified atom stereocenters. The fourth-order valence-corrected chi connectivity index (χ4v) is 4.38. The molecule has 2 aromatic carbocycles. The van der Waals surface area contributed by atoms with Crippen molar-refractivity contribution in [3.05, 3.63) is 81.5 Å². The fraction of sp³-hybridized carbons (Fsp3) is 0.217. The van der Waals surface area contributed by atoms with Gasteiger partial charge in [0.2, 0.25) is 5.91 Å². The van der Waals surface area contributed by atoms with Crippen molar-refractivity contribution in [1.82, 2.24) is 4.90 Å². The van der Waals surface area contributed by atoms with Crippen LogP contribution >= 0.6 is 22.9 Å². The van der Waals surface area contributed by atoms with Crippen LogP contribution in [0.1, 0.15) is 16.9 Å². The highest BCUT2D eigenvalue weighted by Crippen LogP contribution is 2.30. The Hall–Kier alpha value is -2.83. The maximum absolute atomic E-state index is 13.1. The maximum Gasteiger partial charge on any atom is 0.324 e. The highest BCUT2D eigenvalue weighted by atomic mass is 35.5. The molecule has 7 heteroatoms. The molecule has 0 radical (unpaired) electrons. The highest BCUT2D eigenvalue weighted by Gasteiger charge is 2.27. The predicted octanol–water partition coefficient (Wildman–Crippen LogP) is 5.42. The number of anilines is 2. The fourth-order valence-electron chi connectivity index (χ4n) is 3.51. The van der Waals surface area contributed by atoms with Gasteiger partial charge in [-0.15, -0.1) is 11.3 Å². The molecule has 30 heavy (non-hydrogen) atoms. The maximum atomic E-state index is 13.1. The molecule has 1 aliphatic rings. The van der Waals surface area contributed by atoms with Crippen LogP contribution in [-0.4, -0.2) is 29.9 Å². The first kappa shape index (κ1) is 20.4. The first-order valence-electron chi connectivity index (χ1n) is 9.82. The number of halogens is 1. The predicted molar refractivity (Wildman–Crippen MR) is 122 cm³/mol. The third kappa shape index (κ3) is 4.83. The van der Waals surface area contributed by atoms with E-state index in [1.54, 1.807) is 28.4 Å². The SMILES string of the molecule is O=C(Cc1cccs1)Nc1cc(N2CCCN(Cc3ccccc3)C2=O)ccc1Cl. The lowest BCUT2D eigenvalue weighted by atomic mass is 10.1. The molecule has 0 aliphatic carbocycles. The van der Waals surface area contributed by atoms with E-state index in [1.807, 2.05) is 58.8 Å². The van der Waals surface area contributed by atoms with Crippen molar-refractivity contribution in [2.24, 2.45) is 0 Å². The molecule has 0 atom stereocenters. The van der Waals surface area contributed by atoms with Crippen LogP contribution in [-0.2, 0) is 17.8 Å². The van der Waals surface area contributed by atoms with Gasteiger partial charge in [-0.25, -0.2) is 4.79 Å². The molecule has 1 aromatic heterocycles. The van der Waals surface area contributed by atoms with E-state index in [2.05, 4.69) is 5.32 Å². The van der Waals surface area contributed by atoms with Gasteiger partial charge in [-0.05, 0) is 41.6 Å². The topological polar surface area (TPSA) is 52.7 Å². The van der Waals surface area contributed by atoms with Crippen molar-refractivity contribution in [1.29, 1.82) is 0 Å². The Bertz CT molecular complexity index is 1020. The van der Waals surface area contributed by atoms with Gasteiger partial charge in [0, 0.05) is 30.2 Å². The molecule has 2 heterocycles. The van der Waals surface area contributed by atoms with Crippen molar-refractivity contribution < 1.29 is 9.59 Å². The molecule has 3 amide bonds. The smallest absolute Gasteiger partial charge is 0.324 e. The summed E-state index contributed by atoms with van der Waals surface area (Å²) in [6, 6.07) is 19.1. The normalized spacial score (nSPS) is 14.1. The number of carbonyl (C=O) groups is 2. The number of hydrogen-bond acceptors (Lipinski definition) is 3. The second-order valence-electron chi connectivity index (χ2n) is 7.16. The number of rotatable bonds is 6. The molecule has 5 nitrogen and oxygen atoms in total.